The fourth-order valence-electron chi connectivity index (χ4n) is 0.619. The average molecular weight is 241 g/mol. The molecule has 0 aromatic carbocycles. The summed E-state index contributed by atoms with van der Waals surface area (Å²) in [5.41, 5.74) is 4.53. The minimum absolute atomic E-state index is 0.586. The Hall–Kier alpha value is -0.860. The number of alkyl halides is 7. The van der Waals surface area contributed by atoms with Gasteiger partial charge in [-0.2, -0.15) is 30.7 Å². The summed E-state index contributed by atoms with van der Waals surface area (Å²) in [6.45, 7) is 0.586. The molecular formula is C6H6F7NO. The second kappa shape index (κ2) is 3.62. The van der Waals surface area contributed by atoms with Crippen LogP contribution in [0, 0.1) is 0 Å². The van der Waals surface area contributed by atoms with Crippen molar-refractivity contribution in [3.8, 4) is 0 Å². The first-order valence-electron chi connectivity index (χ1n) is 3.48. The van der Waals surface area contributed by atoms with Gasteiger partial charge in [-0.3, -0.25) is 4.79 Å². The molecule has 90 valence electrons. The second-order valence-corrected chi connectivity index (χ2v) is 2.80. The summed E-state index contributed by atoms with van der Waals surface area (Å²) in [7, 11) is 0. The Morgan fingerprint density at radius 3 is 1.60 bits per heavy atom. The maximum absolute atomic E-state index is 12.4. The summed E-state index contributed by atoms with van der Waals surface area (Å²) < 4.78 is 83.8. The van der Waals surface area contributed by atoms with Gasteiger partial charge < -0.3 is 5.73 Å². The van der Waals surface area contributed by atoms with Crippen LogP contribution in [0.3, 0.4) is 0 Å². The van der Waals surface area contributed by atoms with Gasteiger partial charge in [0.1, 0.15) is 0 Å². The highest BCUT2D eigenvalue weighted by molar-refractivity contribution is 5.91. The smallest absolute Gasteiger partial charge is 0.322 e. The van der Waals surface area contributed by atoms with Crippen molar-refractivity contribution >= 4 is 5.78 Å². The van der Waals surface area contributed by atoms with E-state index in [0.29, 0.717) is 6.92 Å². The molecular weight excluding hydrogens is 235 g/mol. The molecule has 0 saturated heterocycles. The molecule has 0 aromatic heterocycles. The Morgan fingerprint density at radius 1 is 1.07 bits per heavy atom. The first kappa shape index (κ1) is 14.1. The van der Waals surface area contributed by atoms with E-state index in [1.165, 1.54) is 0 Å². The number of carbonyl (C=O) groups excluding carboxylic acids is 1. The first-order valence-corrected chi connectivity index (χ1v) is 3.48. The van der Waals surface area contributed by atoms with Crippen molar-refractivity contribution in [2.24, 2.45) is 5.73 Å². The molecule has 9 heteroatoms. The Bertz CT molecular complexity index is 257. The van der Waals surface area contributed by atoms with Gasteiger partial charge in [0.05, 0.1) is 6.04 Å². The largest absolute Gasteiger partial charge is 0.460 e. The second-order valence-electron chi connectivity index (χ2n) is 2.80. The first-order chi connectivity index (χ1) is 6.35. The molecule has 0 aliphatic rings. The summed E-state index contributed by atoms with van der Waals surface area (Å²) in [5.74, 6) is -14.9. The molecule has 0 aliphatic heterocycles. The lowest BCUT2D eigenvalue weighted by atomic mass is 10.0. The molecule has 0 radical (unpaired) electrons. The molecule has 15 heavy (non-hydrogen) atoms. The van der Waals surface area contributed by atoms with E-state index in [-0.39, 0.29) is 0 Å². The van der Waals surface area contributed by atoms with E-state index in [1.54, 1.807) is 0 Å². The van der Waals surface area contributed by atoms with Gasteiger partial charge in [0.15, 0.2) is 0 Å². The zero-order chi connectivity index (χ0) is 12.7. The highest BCUT2D eigenvalue weighted by Gasteiger charge is 2.76. The van der Waals surface area contributed by atoms with E-state index < -0.39 is 29.8 Å². The molecule has 0 amide bonds. The maximum Gasteiger partial charge on any atom is 0.460 e. The number of ketones is 1. The van der Waals surface area contributed by atoms with Crippen LogP contribution in [0.4, 0.5) is 30.7 Å². The third-order valence-electron chi connectivity index (χ3n) is 1.47. The predicted molar refractivity (Wildman–Crippen MR) is 34.6 cm³/mol. The molecule has 0 saturated carbocycles. The monoisotopic (exact) mass is 241 g/mol. The van der Waals surface area contributed by atoms with Crippen LogP contribution in [0.1, 0.15) is 6.92 Å². The van der Waals surface area contributed by atoms with Crippen molar-refractivity contribution < 1.29 is 35.5 Å². The normalized spacial score (nSPS) is 16.3. The number of hydrogen-bond donors (Lipinski definition) is 1. The molecule has 2 N–H and O–H groups in total. The summed E-state index contributed by atoms with van der Waals surface area (Å²) in [6, 6.07) is -2.12. The van der Waals surface area contributed by atoms with E-state index in [4.69, 9.17) is 0 Å². The van der Waals surface area contributed by atoms with Crippen LogP contribution < -0.4 is 5.73 Å². The minimum atomic E-state index is -6.51. The van der Waals surface area contributed by atoms with Gasteiger partial charge in [0.25, 0.3) is 0 Å². The van der Waals surface area contributed by atoms with Crippen molar-refractivity contribution in [1.29, 1.82) is 0 Å². The quantitative estimate of drug-likeness (QED) is 0.764. The van der Waals surface area contributed by atoms with Gasteiger partial charge in [-0.25, -0.2) is 0 Å². The molecule has 0 bridgehead atoms. The molecule has 0 aliphatic carbocycles. The fourth-order valence-corrected chi connectivity index (χ4v) is 0.619. The Morgan fingerprint density at radius 2 is 1.40 bits per heavy atom. The third-order valence-corrected chi connectivity index (χ3v) is 1.47. The van der Waals surface area contributed by atoms with Crippen molar-refractivity contribution in [3.63, 3.8) is 0 Å². The number of nitrogens with two attached hydrogens (primary N) is 1. The van der Waals surface area contributed by atoms with E-state index in [0.717, 1.165) is 0 Å². The molecule has 1 atom stereocenters. The molecule has 1 unspecified atom stereocenters. The summed E-state index contributed by atoms with van der Waals surface area (Å²) in [6.07, 6.45) is -6.51. The van der Waals surface area contributed by atoms with E-state index in [2.05, 4.69) is 5.73 Å². The highest BCUT2D eigenvalue weighted by atomic mass is 19.4. The standard InChI is InChI=1S/C6H6F7NO/c1-2(14)3(15)4(7,8)5(9,10)6(11,12)13/h2H,14H2,1H3. The topological polar surface area (TPSA) is 43.1 Å². The fraction of sp³-hybridized carbons (Fsp3) is 0.833. The summed E-state index contributed by atoms with van der Waals surface area (Å²) in [4.78, 5) is 10.4. The minimum Gasteiger partial charge on any atom is -0.322 e. The lowest BCUT2D eigenvalue weighted by Crippen LogP contribution is -2.59. The maximum atomic E-state index is 12.4. The van der Waals surface area contributed by atoms with Crippen LogP contribution in [-0.4, -0.2) is 29.8 Å². The lowest BCUT2D eigenvalue weighted by molar-refractivity contribution is -0.343. The van der Waals surface area contributed by atoms with Crippen LogP contribution in [0.25, 0.3) is 0 Å². The SMILES string of the molecule is CC(N)C(=O)C(F)(F)C(F)(F)C(F)(F)F. The Balaban J connectivity index is 5.29. The number of Topliss-reactive ketones (excluding diaryl/α,β-unsaturated/α-hetero) is 1. The molecule has 0 spiro atoms. The summed E-state index contributed by atoms with van der Waals surface area (Å²) >= 11 is 0. The molecule has 0 aromatic rings. The van der Waals surface area contributed by atoms with Crippen LogP contribution in [-0.2, 0) is 4.79 Å². The lowest BCUT2D eigenvalue weighted by Gasteiger charge is -2.27. The zero-order valence-corrected chi connectivity index (χ0v) is 7.21. The van der Waals surface area contributed by atoms with E-state index in [1.807, 2.05) is 0 Å². The Kier molecular flexibility index (Phi) is 3.41. The highest BCUT2D eigenvalue weighted by Crippen LogP contribution is 2.47. The average Bonchev–Trinajstić information content (AvgIpc) is 2.00. The van der Waals surface area contributed by atoms with Crippen molar-refractivity contribution in [3.05, 3.63) is 0 Å². The van der Waals surface area contributed by atoms with Crippen molar-refractivity contribution in [2.45, 2.75) is 31.0 Å². The predicted octanol–water partition coefficient (Wildman–Crippen LogP) is 1.74. The van der Waals surface area contributed by atoms with Crippen molar-refractivity contribution in [2.75, 3.05) is 0 Å². The Labute approximate surface area is 79.2 Å². The van der Waals surface area contributed by atoms with Gasteiger partial charge in [-0.15, -0.1) is 0 Å². The van der Waals surface area contributed by atoms with E-state index in [9.17, 15) is 35.5 Å². The van der Waals surface area contributed by atoms with Gasteiger partial charge in [0.2, 0.25) is 5.78 Å². The van der Waals surface area contributed by atoms with Crippen LogP contribution in [0.2, 0.25) is 0 Å². The van der Waals surface area contributed by atoms with Crippen LogP contribution >= 0.6 is 0 Å². The molecule has 0 rings (SSSR count). The zero-order valence-electron chi connectivity index (χ0n) is 7.21. The van der Waals surface area contributed by atoms with Gasteiger partial charge in [0, 0.05) is 0 Å². The van der Waals surface area contributed by atoms with E-state index >= 15 is 0 Å². The third kappa shape index (κ3) is 2.21. The number of hydrogen-bond acceptors (Lipinski definition) is 2. The summed E-state index contributed by atoms with van der Waals surface area (Å²) in [5, 5.41) is 0. The molecule has 0 heterocycles. The van der Waals surface area contributed by atoms with Gasteiger partial charge in [-0.1, -0.05) is 0 Å². The number of halogens is 7. The molecule has 0 fully saturated rings. The van der Waals surface area contributed by atoms with Crippen LogP contribution in [0.15, 0.2) is 0 Å². The van der Waals surface area contributed by atoms with Gasteiger partial charge >= 0.3 is 18.0 Å². The van der Waals surface area contributed by atoms with Crippen molar-refractivity contribution in [1.82, 2.24) is 0 Å². The van der Waals surface area contributed by atoms with Gasteiger partial charge in [-0.05, 0) is 6.92 Å². The molecule has 2 nitrogen and oxygen atoms in total. The van der Waals surface area contributed by atoms with Crippen LogP contribution in [0.5, 0.6) is 0 Å². The number of carbonyl (C=O) groups is 1. The number of rotatable bonds is 3.